The van der Waals surface area contributed by atoms with E-state index >= 15 is 0 Å². The van der Waals surface area contributed by atoms with Crippen LogP contribution in [0.25, 0.3) is 0 Å². The molecule has 1 unspecified atom stereocenters. The van der Waals surface area contributed by atoms with Gasteiger partial charge < -0.3 is 4.90 Å². The summed E-state index contributed by atoms with van der Waals surface area (Å²) in [5.41, 5.74) is 0.961. The first-order chi connectivity index (χ1) is 10.5. The summed E-state index contributed by atoms with van der Waals surface area (Å²) in [5, 5.41) is 0. The minimum atomic E-state index is -3.08. The number of aromatic nitrogens is 2. The van der Waals surface area contributed by atoms with Crippen LogP contribution < -0.4 is 4.90 Å². The average molecular weight is 324 g/mol. The lowest BCUT2D eigenvalue weighted by atomic mass is 9.95. The molecule has 0 radical (unpaired) electrons. The van der Waals surface area contributed by atoms with E-state index in [2.05, 4.69) is 14.9 Å². The molecule has 0 aliphatic carbocycles. The minimum absolute atomic E-state index is 0.343. The van der Waals surface area contributed by atoms with Crippen LogP contribution >= 0.6 is 0 Å². The van der Waals surface area contributed by atoms with Crippen molar-refractivity contribution in [1.82, 2.24) is 14.3 Å². The summed E-state index contributed by atoms with van der Waals surface area (Å²) in [6.07, 6.45) is 10.3. The quantitative estimate of drug-likeness (QED) is 0.835. The number of piperidine rings is 1. The molecule has 3 heterocycles. The largest absolute Gasteiger partial charge is 0.355 e. The maximum absolute atomic E-state index is 11.7. The smallest absolute Gasteiger partial charge is 0.211 e. The topological polar surface area (TPSA) is 66.4 Å². The second-order valence-electron chi connectivity index (χ2n) is 6.39. The summed E-state index contributed by atoms with van der Waals surface area (Å²) < 4.78 is 24.9. The fourth-order valence-corrected chi connectivity index (χ4v) is 4.30. The first-order valence-electron chi connectivity index (χ1n) is 8.03. The molecular weight excluding hydrogens is 300 g/mol. The highest BCUT2D eigenvalue weighted by Crippen LogP contribution is 2.22. The molecule has 0 spiro atoms. The van der Waals surface area contributed by atoms with Gasteiger partial charge in [0, 0.05) is 26.2 Å². The van der Waals surface area contributed by atoms with Crippen molar-refractivity contribution in [3.63, 3.8) is 0 Å². The molecule has 2 fully saturated rings. The van der Waals surface area contributed by atoms with E-state index in [1.165, 1.54) is 19.1 Å². The fraction of sp³-hybridized carbons (Fsp3) is 0.733. The Bertz CT molecular complexity index is 596. The molecule has 2 aliphatic heterocycles. The van der Waals surface area contributed by atoms with E-state index in [1.54, 1.807) is 4.31 Å². The van der Waals surface area contributed by atoms with Gasteiger partial charge in [0.25, 0.3) is 0 Å². The van der Waals surface area contributed by atoms with Crippen LogP contribution in [0.1, 0.15) is 31.4 Å². The van der Waals surface area contributed by atoms with Crippen LogP contribution in [0, 0.1) is 5.92 Å². The first kappa shape index (κ1) is 15.7. The van der Waals surface area contributed by atoms with Crippen molar-refractivity contribution in [3.05, 3.63) is 18.1 Å². The number of rotatable bonds is 4. The van der Waals surface area contributed by atoms with E-state index in [-0.39, 0.29) is 0 Å². The molecule has 0 aromatic carbocycles. The first-order valence-corrected chi connectivity index (χ1v) is 9.88. The van der Waals surface area contributed by atoms with Crippen LogP contribution in [0.5, 0.6) is 0 Å². The van der Waals surface area contributed by atoms with Crippen molar-refractivity contribution < 1.29 is 8.42 Å². The van der Waals surface area contributed by atoms with E-state index in [4.69, 9.17) is 0 Å². The van der Waals surface area contributed by atoms with Crippen LogP contribution in [0.15, 0.2) is 12.4 Å². The fourth-order valence-electron chi connectivity index (χ4n) is 3.35. The highest BCUT2D eigenvalue weighted by atomic mass is 32.2. The number of sulfonamides is 1. The van der Waals surface area contributed by atoms with Gasteiger partial charge in [-0.05, 0) is 38.0 Å². The number of anilines is 1. The van der Waals surface area contributed by atoms with Crippen LogP contribution in [-0.2, 0) is 16.4 Å². The zero-order chi connectivity index (χ0) is 15.6. The summed E-state index contributed by atoms with van der Waals surface area (Å²) in [6, 6.07) is 0. The number of nitrogens with zero attached hydrogens (tertiary/aromatic N) is 4. The van der Waals surface area contributed by atoms with Gasteiger partial charge in [-0.25, -0.2) is 17.7 Å². The van der Waals surface area contributed by atoms with Gasteiger partial charge in [0.1, 0.15) is 5.82 Å². The second kappa shape index (κ2) is 6.50. The molecule has 0 saturated carbocycles. The standard InChI is InChI=1S/C15H24N4O2S/c1-22(20,21)19-8-4-5-13(12-19)9-14-10-17-15(11-16-14)18-6-2-3-7-18/h10-11,13H,2-9,12H2,1H3. The Kier molecular flexibility index (Phi) is 4.63. The van der Waals surface area contributed by atoms with E-state index in [1.807, 2.05) is 12.4 Å². The third-order valence-corrected chi connectivity index (χ3v) is 5.84. The third-order valence-electron chi connectivity index (χ3n) is 4.57. The molecule has 0 N–H and O–H groups in total. The summed E-state index contributed by atoms with van der Waals surface area (Å²) in [6.45, 7) is 3.39. The van der Waals surface area contributed by atoms with Gasteiger partial charge in [-0.1, -0.05) is 0 Å². The lowest BCUT2D eigenvalue weighted by molar-refractivity contribution is 0.265. The Balaban J connectivity index is 1.60. The van der Waals surface area contributed by atoms with Crippen molar-refractivity contribution in [3.8, 4) is 0 Å². The number of hydrogen-bond acceptors (Lipinski definition) is 5. The van der Waals surface area contributed by atoms with E-state index in [0.29, 0.717) is 19.0 Å². The zero-order valence-corrected chi connectivity index (χ0v) is 13.9. The highest BCUT2D eigenvalue weighted by Gasteiger charge is 2.26. The van der Waals surface area contributed by atoms with Crippen LogP contribution in [-0.4, -0.2) is 55.1 Å². The maximum Gasteiger partial charge on any atom is 0.211 e. The van der Waals surface area contributed by atoms with Gasteiger partial charge in [0.15, 0.2) is 0 Å². The molecule has 2 aliphatic rings. The van der Waals surface area contributed by atoms with Crippen LogP contribution in [0.3, 0.4) is 0 Å². The van der Waals surface area contributed by atoms with Crippen molar-refractivity contribution >= 4 is 15.8 Å². The van der Waals surface area contributed by atoms with Gasteiger partial charge in [-0.2, -0.15) is 0 Å². The summed E-state index contributed by atoms with van der Waals surface area (Å²) in [4.78, 5) is 11.3. The molecule has 22 heavy (non-hydrogen) atoms. The lowest BCUT2D eigenvalue weighted by Crippen LogP contribution is -2.39. The number of hydrogen-bond donors (Lipinski definition) is 0. The predicted molar refractivity (Wildman–Crippen MR) is 86.3 cm³/mol. The summed E-state index contributed by atoms with van der Waals surface area (Å²) >= 11 is 0. The summed E-state index contributed by atoms with van der Waals surface area (Å²) in [7, 11) is -3.08. The monoisotopic (exact) mass is 324 g/mol. The van der Waals surface area contributed by atoms with Crippen LogP contribution in [0.4, 0.5) is 5.82 Å². The highest BCUT2D eigenvalue weighted by molar-refractivity contribution is 7.88. The molecule has 0 amide bonds. The molecule has 2 saturated heterocycles. The predicted octanol–water partition coefficient (Wildman–Crippen LogP) is 1.29. The Hall–Kier alpha value is -1.21. The molecule has 0 bridgehead atoms. The van der Waals surface area contributed by atoms with Gasteiger partial charge >= 0.3 is 0 Å². The Morgan fingerprint density at radius 3 is 2.55 bits per heavy atom. The summed E-state index contributed by atoms with van der Waals surface area (Å²) in [5.74, 6) is 1.30. The SMILES string of the molecule is CS(=O)(=O)N1CCCC(Cc2cnc(N3CCCC3)cn2)C1. The molecule has 6 nitrogen and oxygen atoms in total. The Morgan fingerprint density at radius 1 is 1.14 bits per heavy atom. The molecule has 7 heteroatoms. The maximum atomic E-state index is 11.7. The zero-order valence-electron chi connectivity index (χ0n) is 13.1. The molecule has 122 valence electrons. The molecule has 1 aromatic heterocycles. The molecule has 1 aromatic rings. The van der Waals surface area contributed by atoms with Crippen molar-refractivity contribution in [2.75, 3.05) is 37.3 Å². The molecule has 3 rings (SSSR count). The van der Waals surface area contributed by atoms with E-state index in [9.17, 15) is 8.42 Å². The van der Waals surface area contributed by atoms with E-state index in [0.717, 1.165) is 43.9 Å². The van der Waals surface area contributed by atoms with Gasteiger partial charge in [-0.15, -0.1) is 0 Å². The average Bonchev–Trinajstić information content (AvgIpc) is 3.02. The molecule has 1 atom stereocenters. The van der Waals surface area contributed by atoms with Gasteiger partial charge in [0.05, 0.1) is 24.3 Å². The van der Waals surface area contributed by atoms with Gasteiger partial charge in [-0.3, -0.25) is 4.98 Å². The minimum Gasteiger partial charge on any atom is -0.355 e. The van der Waals surface area contributed by atoms with Crippen molar-refractivity contribution in [2.45, 2.75) is 32.1 Å². The third kappa shape index (κ3) is 3.76. The van der Waals surface area contributed by atoms with Crippen molar-refractivity contribution in [1.29, 1.82) is 0 Å². The normalized spacial score (nSPS) is 23.9. The Labute approximate surface area is 132 Å². The van der Waals surface area contributed by atoms with E-state index < -0.39 is 10.0 Å². The second-order valence-corrected chi connectivity index (χ2v) is 8.38. The molecular formula is C15H24N4O2S. The van der Waals surface area contributed by atoms with Crippen molar-refractivity contribution in [2.24, 2.45) is 5.92 Å². The van der Waals surface area contributed by atoms with Crippen LogP contribution in [0.2, 0.25) is 0 Å². The lowest BCUT2D eigenvalue weighted by Gasteiger charge is -2.30. The van der Waals surface area contributed by atoms with Gasteiger partial charge in [0.2, 0.25) is 10.0 Å². The Morgan fingerprint density at radius 2 is 1.91 bits per heavy atom.